The molecule has 2 aromatic rings. The highest BCUT2D eigenvalue weighted by Gasteiger charge is 2.36. The number of hydrogen-bond acceptors (Lipinski definition) is 6. The summed E-state index contributed by atoms with van der Waals surface area (Å²) >= 11 is 0. The summed E-state index contributed by atoms with van der Waals surface area (Å²) in [7, 11) is 3.21. The molecule has 0 aliphatic carbocycles. The Morgan fingerprint density at radius 1 is 1.11 bits per heavy atom. The fourth-order valence-electron chi connectivity index (χ4n) is 3.88. The molecule has 4 rings (SSSR count). The minimum absolute atomic E-state index is 0.0979. The zero-order valence-corrected chi connectivity index (χ0v) is 15.9. The molecule has 144 valence electrons. The molecule has 2 aliphatic rings. The summed E-state index contributed by atoms with van der Waals surface area (Å²) < 4.78 is 28.2. The van der Waals surface area contributed by atoms with Crippen LogP contribution < -0.4 is 18.9 Å². The highest BCUT2D eigenvalue weighted by molar-refractivity contribution is 5.56. The van der Waals surface area contributed by atoms with E-state index in [1.54, 1.807) is 21.1 Å². The van der Waals surface area contributed by atoms with Gasteiger partial charge in [-0.3, -0.25) is 0 Å². The first-order valence-electron chi connectivity index (χ1n) is 9.02. The molecule has 2 aromatic carbocycles. The summed E-state index contributed by atoms with van der Waals surface area (Å²) in [5, 5.41) is 10.0. The van der Waals surface area contributed by atoms with Gasteiger partial charge >= 0.3 is 0 Å². The first-order valence-corrected chi connectivity index (χ1v) is 9.02. The van der Waals surface area contributed by atoms with E-state index >= 15 is 0 Å². The molecule has 0 fully saturated rings. The van der Waals surface area contributed by atoms with Crippen molar-refractivity contribution < 1.29 is 28.8 Å². The number of rotatable bonds is 5. The van der Waals surface area contributed by atoms with Gasteiger partial charge in [0.15, 0.2) is 23.0 Å². The molecule has 0 saturated carbocycles. The van der Waals surface area contributed by atoms with Crippen LogP contribution in [0.1, 0.15) is 48.7 Å². The topological polar surface area (TPSA) is 66.4 Å². The van der Waals surface area contributed by atoms with Gasteiger partial charge in [0.05, 0.1) is 13.2 Å². The van der Waals surface area contributed by atoms with Crippen LogP contribution in [-0.2, 0) is 4.74 Å². The molecule has 1 N–H and O–H groups in total. The molecule has 4 unspecified atom stereocenters. The van der Waals surface area contributed by atoms with Crippen molar-refractivity contribution in [3.63, 3.8) is 0 Å². The van der Waals surface area contributed by atoms with E-state index in [2.05, 4.69) is 6.92 Å². The van der Waals surface area contributed by atoms with E-state index in [1.807, 2.05) is 30.3 Å². The third-order valence-corrected chi connectivity index (χ3v) is 5.26. The van der Waals surface area contributed by atoms with E-state index in [-0.39, 0.29) is 18.8 Å². The van der Waals surface area contributed by atoms with Crippen LogP contribution in [0.5, 0.6) is 23.0 Å². The predicted molar refractivity (Wildman–Crippen MR) is 98.8 cm³/mol. The smallest absolute Gasteiger partial charge is 0.231 e. The molecule has 2 aliphatic heterocycles. The van der Waals surface area contributed by atoms with Gasteiger partial charge in [0.1, 0.15) is 12.2 Å². The first-order chi connectivity index (χ1) is 13.0. The Morgan fingerprint density at radius 2 is 1.89 bits per heavy atom. The van der Waals surface area contributed by atoms with Crippen molar-refractivity contribution in [3.8, 4) is 23.0 Å². The van der Waals surface area contributed by atoms with Crippen LogP contribution in [0.15, 0.2) is 30.3 Å². The van der Waals surface area contributed by atoms with Crippen molar-refractivity contribution in [2.24, 2.45) is 0 Å². The maximum Gasteiger partial charge on any atom is 0.231 e. The average molecular weight is 372 g/mol. The van der Waals surface area contributed by atoms with Gasteiger partial charge < -0.3 is 28.8 Å². The Labute approximate surface area is 158 Å². The van der Waals surface area contributed by atoms with Crippen LogP contribution in [0.4, 0.5) is 0 Å². The normalized spacial score (nSPS) is 22.1. The summed E-state index contributed by atoms with van der Waals surface area (Å²) in [5.74, 6) is 2.96. The first kappa shape index (κ1) is 17.9. The fraction of sp³-hybridized carbons (Fsp3) is 0.429. The maximum atomic E-state index is 10.0. The Balaban J connectivity index is 1.72. The minimum atomic E-state index is -0.639. The molecule has 2 heterocycles. The van der Waals surface area contributed by atoms with E-state index < -0.39 is 12.2 Å². The third kappa shape index (κ3) is 2.99. The Morgan fingerprint density at radius 3 is 2.59 bits per heavy atom. The molecule has 0 amide bonds. The van der Waals surface area contributed by atoms with Crippen LogP contribution >= 0.6 is 0 Å². The Hall–Kier alpha value is -2.44. The number of aliphatic hydroxyl groups excluding tert-OH is 1. The molecule has 0 spiro atoms. The Bertz CT molecular complexity index is 847. The second-order valence-electron chi connectivity index (χ2n) is 6.98. The zero-order valence-electron chi connectivity index (χ0n) is 15.9. The molecule has 4 atom stereocenters. The largest absolute Gasteiger partial charge is 0.493 e. The maximum absolute atomic E-state index is 10.0. The van der Waals surface area contributed by atoms with Gasteiger partial charge in [-0.1, -0.05) is 13.0 Å². The van der Waals surface area contributed by atoms with Crippen molar-refractivity contribution in [2.75, 3.05) is 21.0 Å². The monoisotopic (exact) mass is 372 g/mol. The summed E-state index contributed by atoms with van der Waals surface area (Å²) in [4.78, 5) is 0. The molecule has 0 saturated heterocycles. The van der Waals surface area contributed by atoms with Crippen molar-refractivity contribution in [3.05, 3.63) is 47.0 Å². The van der Waals surface area contributed by atoms with Crippen LogP contribution in [0.2, 0.25) is 0 Å². The fourth-order valence-corrected chi connectivity index (χ4v) is 3.88. The number of fused-ring (bicyclic) bond motifs is 2. The molecule has 27 heavy (non-hydrogen) atoms. The van der Waals surface area contributed by atoms with Crippen molar-refractivity contribution in [1.29, 1.82) is 0 Å². The van der Waals surface area contributed by atoms with Crippen LogP contribution in [-0.4, -0.2) is 32.2 Å². The van der Waals surface area contributed by atoms with Gasteiger partial charge in [0, 0.05) is 18.6 Å². The van der Waals surface area contributed by atoms with Gasteiger partial charge in [-0.15, -0.1) is 0 Å². The predicted octanol–water partition coefficient (Wildman–Crippen LogP) is 3.73. The SMILES string of the molecule is COc1cc(C(OC)C(C)O)cc2c1OC(c1ccc3c(c1)OCO3)C2C. The lowest BCUT2D eigenvalue weighted by Gasteiger charge is -2.20. The molecule has 0 bridgehead atoms. The minimum Gasteiger partial charge on any atom is -0.493 e. The lowest BCUT2D eigenvalue weighted by molar-refractivity contribution is -0.00361. The Kier molecular flexibility index (Phi) is 4.61. The van der Waals surface area contributed by atoms with E-state index in [0.29, 0.717) is 5.75 Å². The average Bonchev–Trinajstić information content (AvgIpc) is 3.25. The van der Waals surface area contributed by atoms with E-state index in [1.165, 1.54) is 0 Å². The number of benzene rings is 2. The summed E-state index contributed by atoms with van der Waals surface area (Å²) in [6.07, 6.45) is -1.23. The quantitative estimate of drug-likeness (QED) is 0.863. The molecule has 0 aromatic heterocycles. The molecular formula is C21H24O6. The molecule has 0 radical (unpaired) electrons. The number of hydrogen-bond donors (Lipinski definition) is 1. The summed E-state index contributed by atoms with van der Waals surface area (Å²) in [6, 6.07) is 9.79. The highest BCUT2D eigenvalue weighted by atomic mass is 16.7. The van der Waals surface area contributed by atoms with E-state index in [4.69, 9.17) is 23.7 Å². The van der Waals surface area contributed by atoms with Gasteiger partial charge in [-0.2, -0.15) is 0 Å². The summed E-state index contributed by atoms with van der Waals surface area (Å²) in [6.45, 7) is 4.08. The van der Waals surface area contributed by atoms with E-state index in [9.17, 15) is 5.11 Å². The standard InChI is InChI=1S/C21H24O6/c1-11-15-7-14(20(24-4)12(2)22)9-18(23-3)21(15)27-19(11)13-5-6-16-17(8-13)26-10-25-16/h5-9,11-12,19-20,22H,10H2,1-4H3. The second kappa shape index (κ2) is 6.94. The van der Waals surface area contributed by atoms with Crippen molar-refractivity contribution in [2.45, 2.75) is 38.1 Å². The van der Waals surface area contributed by atoms with Gasteiger partial charge in [-0.25, -0.2) is 0 Å². The second-order valence-corrected chi connectivity index (χ2v) is 6.98. The van der Waals surface area contributed by atoms with Crippen LogP contribution in [0.3, 0.4) is 0 Å². The van der Waals surface area contributed by atoms with Gasteiger partial charge in [-0.05, 0) is 42.3 Å². The number of methoxy groups -OCH3 is 2. The number of ether oxygens (including phenoxy) is 5. The van der Waals surface area contributed by atoms with Crippen LogP contribution in [0, 0.1) is 0 Å². The highest BCUT2D eigenvalue weighted by Crippen LogP contribution is 2.52. The summed E-state index contributed by atoms with van der Waals surface area (Å²) in [5.41, 5.74) is 2.92. The van der Waals surface area contributed by atoms with Crippen molar-refractivity contribution in [1.82, 2.24) is 0 Å². The van der Waals surface area contributed by atoms with Crippen molar-refractivity contribution >= 4 is 0 Å². The van der Waals surface area contributed by atoms with Crippen LogP contribution in [0.25, 0.3) is 0 Å². The van der Waals surface area contributed by atoms with Gasteiger partial charge in [0.2, 0.25) is 6.79 Å². The zero-order chi connectivity index (χ0) is 19.1. The third-order valence-electron chi connectivity index (χ3n) is 5.26. The van der Waals surface area contributed by atoms with E-state index in [0.717, 1.165) is 33.9 Å². The van der Waals surface area contributed by atoms with Gasteiger partial charge in [0.25, 0.3) is 0 Å². The molecule has 6 heteroatoms. The number of aliphatic hydroxyl groups is 1. The lowest BCUT2D eigenvalue weighted by Crippen LogP contribution is -2.16. The molecular weight excluding hydrogens is 348 g/mol. The molecule has 6 nitrogen and oxygen atoms in total. The lowest BCUT2D eigenvalue weighted by atomic mass is 9.90.